The molecule has 0 bridgehead atoms. The van der Waals surface area contributed by atoms with Crippen molar-refractivity contribution in [3.05, 3.63) is 127 Å². The van der Waals surface area contributed by atoms with Crippen molar-refractivity contribution in [2.45, 2.75) is 156 Å². The van der Waals surface area contributed by atoms with Gasteiger partial charge in [0.15, 0.2) is 17.5 Å². The fraction of sp³-hybridized carbons (Fsp3) is 0.421. The van der Waals surface area contributed by atoms with Gasteiger partial charge in [0.1, 0.15) is 0 Å². The van der Waals surface area contributed by atoms with Crippen LogP contribution in [0.2, 0.25) is 0 Å². The maximum atomic E-state index is 4.60. The summed E-state index contributed by atoms with van der Waals surface area (Å²) in [6.07, 6.45) is 38.4. The predicted octanol–water partition coefficient (Wildman–Crippen LogP) is 17.3. The van der Waals surface area contributed by atoms with E-state index in [9.17, 15) is 0 Å². The molecule has 9 nitrogen and oxygen atoms in total. The molecule has 0 saturated heterocycles. The molecule has 0 radical (unpaired) electrons. The zero-order chi connectivity index (χ0) is 49.0. The molecule has 0 fully saturated rings. The van der Waals surface area contributed by atoms with Gasteiger partial charge in [-0.25, -0.2) is 29.9 Å². The molecule has 3 aromatic heterocycles. The fourth-order valence-electron chi connectivity index (χ4n) is 7.44. The van der Waals surface area contributed by atoms with E-state index in [0.717, 1.165) is 70.5 Å². The highest BCUT2D eigenvalue weighted by Crippen LogP contribution is 2.23. The average molecular weight is 976 g/mol. The lowest BCUT2D eigenvalue weighted by Gasteiger charge is -2.04. The number of aliphatic imine (C=N–C) groups is 3. The summed E-state index contributed by atoms with van der Waals surface area (Å²) in [5.41, 5.74) is 8.98. The van der Waals surface area contributed by atoms with Gasteiger partial charge in [0, 0.05) is 53.9 Å². The molecule has 360 valence electrons. The van der Waals surface area contributed by atoms with Gasteiger partial charge in [-0.2, -0.15) is 15.0 Å². The van der Waals surface area contributed by atoms with Crippen molar-refractivity contribution in [1.82, 2.24) is 29.9 Å². The summed E-state index contributed by atoms with van der Waals surface area (Å²) in [6.45, 7) is 6.74. The van der Waals surface area contributed by atoms with Gasteiger partial charge < -0.3 is 0 Å². The molecule has 69 heavy (non-hydrogen) atoms. The number of aryl methyl sites for hydroxylation is 3. The van der Waals surface area contributed by atoms with Crippen LogP contribution in [-0.4, -0.2) is 45.4 Å². The second-order valence-corrected chi connectivity index (χ2v) is 17.6. The summed E-state index contributed by atoms with van der Waals surface area (Å²) in [5.74, 6) is 2.23. The summed E-state index contributed by atoms with van der Waals surface area (Å²) in [4.78, 5) is 38.7. The van der Waals surface area contributed by atoms with E-state index in [1.165, 1.54) is 132 Å². The van der Waals surface area contributed by atoms with E-state index in [0.29, 0.717) is 0 Å². The van der Waals surface area contributed by atoms with E-state index in [1.54, 1.807) is 0 Å². The molecule has 0 amide bonds. The minimum absolute atomic E-state index is 0.743. The van der Waals surface area contributed by atoms with Crippen LogP contribution in [0.1, 0.15) is 153 Å². The third kappa shape index (κ3) is 23.0. The topological polar surface area (TPSA) is 114 Å². The summed E-state index contributed by atoms with van der Waals surface area (Å²) in [7, 11) is 0. The first-order valence-corrected chi connectivity index (χ1v) is 26.2. The quantitative estimate of drug-likeness (QED) is 0.0283. The Balaban J connectivity index is 0.000000226. The van der Waals surface area contributed by atoms with Gasteiger partial charge in [-0.15, -0.1) is 0 Å². The minimum atomic E-state index is 0.743. The van der Waals surface area contributed by atoms with Crippen molar-refractivity contribution in [2.75, 3.05) is 0 Å². The first-order chi connectivity index (χ1) is 34.0. The molecule has 0 aliphatic heterocycles. The SMILES string of the molecule is CCCCCCCCCc1cnc(-c2ccc(N=C=S)cc2)nc1.CCCCCCCCc1cnc(-c2ccc(N=C=S)cc2)nc1.CCCCCCCc1cnc(-c2ccc(N=C=S)cc2)nc1. The van der Waals surface area contributed by atoms with Crippen molar-refractivity contribution in [3.8, 4) is 34.2 Å². The molecular formula is C57H69N9S3. The van der Waals surface area contributed by atoms with Gasteiger partial charge in [-0.3, -0.25) is 0 Å². The Morgan fingerprint density at radius 3 is 0.754 bits per heavy atom. The van der Waals surface area contributed by atoms with Crippen LogP contribution in [0, 0.1) is 0 Å². The highest BCUT2D eigenvalue weighted by atomic mass is 32.1. The number of aromatic nitrogens is 6. The van der Waals surface area contributed by atoms with Crippen LogP contribution in [0.25, 0.3) is 34.2 Å². The van der Waals surface area contributed by atoms with Crippen LogP contribution < -0.4 is 0 Å². The van der Waals surface area contributed by atoms with Crippen molar-refractivity contribution >= 4 is 69.2 Å². The molecule has 0 N–H and O–H groups in total. The Hall–Kier alpha value is -5.70. The molecule has 0 spiro atoms. The van der Waals surface area contributed by atoms with E-state index in [4.69, 9.17) is 0 Å². The van der Waals surface area contributed by atoms with Crippen molar-refractivity contribution in [3.63, 3.8) is 0 Å². The van der Waals surface area contributed by atoms with E-state index in [2.05, 4.69) is 118 Å². The molecule has 0 unspecified atom stereocenters. The lowest BCUT2D eigenvalue weighted by Crippen LogP contribution is -1.93. The summed E-state index contributed by atoms with van der Waals surface area (Å²) in [6, 6.07) is 23.1. The minimum Gasteiger partial charge on any atom is -0.236 e. The smallest absolute Gasteiger partial charge is 0.159 e. The van der Waals surface area contributed by atoms with Crippen LogP contribution >= 0.6 is 36.7 Å². The van der Waals surface area contributed by atoms with Crippen LogP contribution in [-0.2, 0) is 19.3 Å². The summed E-state index contributed by atoms with van der Waals surface area (Å²) >= 11 is 13.8. The molecule has 6 rings (SSSR count). The van der Waals surface area contributed by atoms with Crippen LogP contribution in [0.4, 0.5) is 17.1 Å². The normalized spacial score (nSPS) is 10.3. The summed E-state index contributed by atoms with van der Waals surface area (Å²) < 4.78 is 0. The van der Waals surface area contributed by atoms with Gasteiger partial charge in [0.25, 0.3) is 0 Å². The predicted molar refractivity (Wildman–Crippen MR) is 298 cm³/mol. The number of isothiocyanates is 3. The molecule has 3 aromatic carbocycles. The third-order valence-corrected chi connectivity index (χ3v) is 11.7. The van der Waals surface area contributed by atoms with E-state index < -0.39 is 0 Å². The summed E-state index contributed by atoms with van der Waals surface area (Å²) in [5, 5.41) is 7.09. The first-order valence-electron chi connectivity index (χ1n) is 25.0. The molecule has 0 aliphatic rings. The molecule has 6 aromatic rings. The van der Waals surface area contributed by atoms with Crippen molar-refractivity contribution in [1.29, 1.82) is 0 Å². The standard InChI is InChI=1S/C20H25N3S.C19H23N3S.C18H21N3S/c1-2-3-4-5-6-7-8-9-17-14-21-20(22-15-17)18-10-12-19(13-11-18)23-16-24;1-2-3-4-5-6-7-8-16-13-20-19(21-14-16)17-9-11-18(12-10-17)22-15-23;1-2-3-4-5-6-7-15-12-19-18(20-13-15)16-8-10-17(11-9-16)21-14-22/h10-15H,2-9H2,1H3;9-14H,2-8H2,1H3;8-13H,2-7H2,1H3. The number of thiocarbonyl (C=S) groups is 3. The average Bonchev–Trinajstić information content (AvgIpc) is 3.39. The zero-order valence-electron chi connectivity index (χ0n) is 41.0. The third-order valence-electron chi connectivity index (χ3n) is 11.5. The number of nitrogens with zero attached hydrogens (tertiary/aromatic N) is 9. The van der Waals surface area contributed by atoms with Crippen LogP contribution in [0.15, 0.2) is 125 Å². The Morgan fingerprint density at radius 2 is 0.536 bits per heavy atom. The molecule has 3 heterocycles. The Morgan fingerprint density at radius 1 is 0.319 bits per heavy atom. The highest BCUT2D eigenvalue weighted by Gasteiger charge is 2.05. The maximum Gasteiger partial charge on any atom is 0.159 e. The van der Waals surface area contributed by atoms with Crippen LogP contribution in [0.3, 0.4) is 0 Å². The Kier molecular flexibility index (Phi) is 28.7. The van der Waals surface area contributed by atoms with E-state index in [-0.39, 0.29) is 0 Å². The Bertz CT molecular complexity index is 2440. The number of unbranched alkanes of at least 4 members (excludes halogenated alkanes) is 15. The van der Waals surface area contributed by atoms with E-state index in [1.807, 2.05) is 110 Å². The monoisotopic (exact) mass is 975 g/mol. The second kappa shape index (κ2) is 35.4. The first kappa shape index (κ1) is 55.9. The van der Waals surface area contributed by atoms with Gasteiger partial charge in [0.05, 0.1) is 32.5 Å². The van der Waals surface area contributed by atoms with Gasteiger partial charge in [0.2, 0.25) is 0 Å². The van der Waals surface area contributed by atoms with Crippen molar-refractivity contribution in [2.24, 2.45) is 15.0 Å². The molecule has 12 heteroatoms. The number of hydrogen-bond acceptors (Lipinski definition) is 12. The molecule has 0 aliphatic carbocycles. The number of hydrogen-bond donors (Lipinski definition) is 0. The highest BCUT2D eigenvalue weighted by molar-refractivity contribution is 7.78. The van der Waals surface area contributed by atoms with Gasteiger partial charge in [-0.05, 0) is 165 Å². The Labute approximate surface area is 428 Å². The largest absolute Gasteiger partial charge is 0.236 e. The molecule has 0 atom stereocenters. The number of benzene rings is 3. The van der Waals surface area contributed by atoms with Gasteiger partial charge in [-0.1, -0.05) is 117 Å². The van der Waals surface area contributed by atoms with Crippen LogP contribution in [0.5, 0.6) is 0 Å². The van der Waals surface area contributed by atoms with Gasteiger partial charge >= 0.3 is 0 Å². The number of rotatable bonds is 27. The maximum absolute atomic E-state index is 4.60. The second-order valence-electron chi connectivity index (χ2n) is 17.0. The fourth-order valence-corrected chi connectivity index (χ4v) is 7.76. The van der Waals surface area contributed by atoms with Crippen molar-refractivity contribution < 1.29 is 0 Å². The molecular weight excluding hydrogens is 907 g/mol. The van der Waals surface area contributed by atoms with E-state index >= 15 is 0 Å². The lowest BCUT2D eigenvalue weighted by molar-refractivity contribution is 0.589. The zero-order valence-corrected chi connectivity index (χ0v) is 43.4. The lowest BCUT2D eigenvalue weighted by atomic mass is 10.1. The molecule has 0 saturated carbocycles.